The fourth-order valence-electron chi connectivity index (χ4n) is 4.80. The van der Waals surface area contributed by atoms with Crippen molar-refractivity contribution in [3.8, 4) is 0 Å². The van der Waals surface area contributed by atoms with Crippen LogP contribution >= 0.6 is 0 Å². The molecule has 18 heavy (non-hydrogen) atoms. The lowest BCUT2D eigenvalue weighted by atomic mass is 9.70. The number of carbonyl (C=O) groups excluding carboxylic acids is 1. The van der Waals surface area contributed by atoms with E-state index in [0.717, 1.165) is 36.4 Å². The molecular formula is C17H30O. The molecule has 2 saturated carbocycles. The van der Waals surface area contributed by atoms with Crippen molar-refractivity contribution in [2.75, 3.05) is 0 Å². The van der Waals surface area contributed by atoms with Crippen LogP contribution in [-0.4, -0.2) is 6.29 Å². The lowest BCUT2D eigenvalue weighted by Crippen LogP contribution is -2.28. The van der Waals surface area contributed by atoms with Gasteiger partial charge in [0.15, 0.2) is 0 Å². The summed E-state index contributed by atoms with van der Waals surface area (Å²) in [5.41, 5.74) is 0. The normalized spacial score (nSPS) is 25.7. The van der Waals surface area contributed by atoms with Crippen LogP contribution < -0.4 is 0 Å². The van der Waals surface area contributed by atoms with Gasteiger partial charge in [0.2, 0.25) is 0 Å². The number of carbonyl (C=O) groups is 1. The molecule has 2 fully saturated rings. The van der Waals surface area contributed by atoms with Crippen molar-refractivity contribution < 1.29 is 4.79 Å². The second-order valence-corrected chi connectivity index (χ2v) is 6.99. The first-order valence-electron chi connectivity index (χ1n) is 8.17. The van der Waals surface area contributed by atoms with E-state index in [1.165, 1.54) is 51.4 Å². The van der Waals surface area contributed by atoms with Crippen LogP contribution in [0.15, 0.2) is 0 Å². The van der Waals surface area contributed by atoms with E-state index in [2.05, 4.69) is 13.8 Å². The molecule has 0 spiro atoms. The number of hydrogen-bond acceptors (Lipinski definition) is 1. The third-order valence-corrected chi connectivity index (χ3v) is 5.52. The Morgan fingerprint density at radius 3 is 1.78 bits per heavy atom. The minimum atomic E-state index is 0.255. The SMILES string of the molecule is CC(C=O)CC(C)C(C1CCCC1)C1CCCC1. The van der Waals surface area contributed by atoms with Crippen LogP contribution in [0.2, 0.25) is 0 Å². The predicted molar refractivity (Wildman–Crippen MR) is 76.4 cm³/mol. The molecule has 2 rings (SSSR count). The van der Waals surface area contributed by atoms with E-state index in [1.54, 1.807) is 0 Å². The lowest BCUT2D eigenvalue weighted by molar-refractivity contribution is -0.111. The molecule has 2 unspecified atom stereocenters. The van der Waals surface area contributed by atoms with Crippen LogP contribution in [0, 0.1) is 29.6 Å². The Bertz CT molecular complexity index is 232. The summed E-state index contributed by atoms with van der Waals surface area (Å²) in [5.74, 6) is 3.86. The largest absolute Gasteiger partial charge is 0.303 e. The molecule has 0 saturated heterocycles. The molecule has 2 aliphatic carbocycles. The fourth-order valence-corrected chi connectivity index (χ4v) is 4.80. The highest BCUT2D eigenvalue weighted by Gasteiger charge is 2.36. The minimum absolute atomic E-state index is 0.255. The van der Waals surface area contributed by atoms with Crippen molar-refractivity contribution in [3.63, 3.8) is 0 Å². The molecule has 2 atom stereocenters. The van der Waals surface area contributed by atoms with Crippen LogP contribution in [0.3, 0.4) is 0 Å². The van der Waals surface area contributed by atoms with Gasteiger partial charge in [-0.1, -0.05) is 65.2 Å². The highest BCUT2D eigenvalue weighted by molar-refractivity contribution is 5.52. The smallest absolute Gasteiger partial charge is 0.122 e. The molecule has 2 aliphatic rings. The minimum Gasteiger partial charge on any atom is -0.303 e. The van der Waals surface area contributed by atoms with Crippen molar-refractivity contribution >= 4 is 6.29 Å². The molecule has 0 bridgehead atoms. The average Bonchev–Trinajstić information content (AvgIpc) is 3.02. The molecule has 0 heterocycles. The molecule has 0 amide bonds. The van der Waals surface area contributed by atoms with Crippen LogP contribution in [0.4, 0.5) is 0 Å². The van der Waals surface area contributed by atoms with Crippen LogP contribution in [-0.2, 0) is 4.79 Å². The van der Waals surface area contributed by atoms with E-state index in [-0.39, 0.29) is 5.92 Å². The highest BCUT2D eigenvalue weighted by Crippen LogP contribution is 2.46. The Hall–Kier alpha value is -0.330. The Balaban J connectivity index is 2.00. The molecule has 0 aromatic carbocycles. The third kappa shape index (κ3) is 3.36. The molecule has 0 aromatic rings. The molecule has 0 N–H and O–H groups in total. The van der Waals surface area contributed by atoms with Gasteiger partial charge in [0.25, 0.3) is 0 Å². The number of rotatable bonds is 6. The van der Waals surface area contributed by atoms with Crippen LogP contribution in [0.25, 0.3) is 0 Å². The first-order chi connectivity index (χ1) is 8.72. The second-order valence-electron chi connectivity index (χ2n) is 6.99. The highest BCUT2D eigenvalue weighted by atomic mass is 16.1. The maximum atomic E-state index is 10.9. The summed E-state index contributed by atoms with van der Waals surface area (Å²) in [6.45, 7) is 4.51. The van der Waals surface area contributed by atoms with Gasteiger partial charge in [-0.2, -0.15) is 0 Å². The fraction of sp³-hybridized carbons (Fsp3) is 0.941. The number of hydrogen-bond donors (Lipinski definition) is 0. The zero-order chi connectivity index (χ0) is 13.0. The van der Waals surface area contributed by atoms with E-state index in [4.69, 9.17) is 0 Å². The van der Waals surface area contributed by atoms with Crippen molar-refractivity contribution in [3.05, 3.63) is 0 Å². The van der Waals surface area contributed by atoms with Gasteiger partial charge in [0, 0.05) is 5.92 Å². The molecule has 0 aromatic heterocycles. The van der Waals surface area contributed by atoms with Crippen molar-refractivity contribution in [1.82, 2.24) is 0 Å². The molecular weight excluding hydrogens is 220 g/mol. The van der Waals surface area contributed by atoms with Gasteiger partial charge in [0.05, 0.1) is 0 Å². The van der Waals surface area contributed by atoms with E-state index in [0.29, 0.717) is 0 Å². The maximum absolute atomic E-state index is 10.9. The van der Waals surface area contributed by atoms with E-state index >= 15 is 0 Å². The van der Waals surface area contributed by atoms with Gasteiger partial charge >= 0.3 is 0 Å². The van der Waals surface area contributed by atoms with Crippen molar-refractivity contribution in [2.45, 2.75) is 71.6 Å². The predicted octanol–water partition coefficient (Wildman–Crippen LogP) is 4.84. The van der Waals surface area contributed by atoms with Gasteiger partial charge in [-0.3, -0.25) is 0 Å². The molecule has 0 aliphatic heterocycles. The Morgan fingerprint density at radius 2 is 1.39 bits per heavy atom. The summed E-state index contributed by atoms with van der Waals surface area (Å²) in [4.78, 5) is 10.9. The summed E-state index contributed by atoms with van der Waals surface area (Å²) >= 11 is 0. The van der Waals surface area contributed by atoms with Crippen LogP contribution in [0.1, 0.15) is 71.6 Å². The van der Waals surface area contributed by atoms with E-state index in [1.807, 2.05) is 0 Å². The van der Waals surface area contributed by atoms with Crippen molar-refractivity contribution in [2.24, 2.45) is 29.6 Å². The van der Waals surface area contributed by atoms with Gasteiger partial charge in [-0.25, -0.2) is 0 Å². The lowest BCUT2D eigenvalue weighted by Gasteiger charge is -2.35. The van der Waals surface area contributed by atoms with Gasteiger partial charge in [0.1, 0.15) is 6.29 Å². The van der Waals surface area contributed by atoms with E-state index < -0.39 is 0 Å². The molecule has 0 radical (unpaired) electrons. The topological polar surface area (TPSA) is 17.1 Å². The van der Waals surface area contributed by atoms with E-state index in [9.17, 15) is 4.79 Å². The van der Waals surface area contributed by atoms with Crippen LogP contribution in [0.5, 0.6) is 0 Å². The quantitative estimate of drug-likeness (QED) is 0.616. The molecule has 1 nitrogen and oxygen atoms in total. The number of aldehydes is 1. The first kappa shape index (κ1) is 14.1. The zero-order valence-corrected chi connectivity index (χ0v) is 12.2. The van der Waals surface area contributed by atoms with Crippen molar-refractivity contribution in [1.29, 1.82) is 0 Å². The molecule has 1 heteroatoms. The summed E-state index contributed by atoms with van der Waals surface area (Å²) in [7, 11) is 0. The summed E-state index contributed by atoms with van der Waals surface area (Å²) < 4.78 is 0. The third-order valence-electron chi connectivity index (χ3n) is 5.52. The summed E-state index contributed by atoms with van der Waals surface area (Å²) in [5, 5.41) is 0. The zero-order valence-electron chi connectivity index (χ0n) is 12.2. The Kier molecular flexibility index (Phi) is 5.26. The summed E-state index contributed by atoms with van der Waals surface area (Å²) in [6.07, 6.45) is 13.9. The standard InChI is InChI=1S/C17H30O/c1-13(12-18)11-14(2)17(15-7-3-4-8-15)16-9-5-6-10-16/h12-17H,3-11H2,1-2H3. The monoisotopic (exact) mass is 250 g/mol. The van der Waals surface area contributed by atoms with Gasteiger partial charge in [-0.05, 0) is 30.1 Å². The Labute approximate surface area is 113 Å². The van der Waals surface area contributed by atoms with Gasteiger partial charge in [-0.15, -0.1) is 0 Å². The second kappa shape index (κ2) is 6.73. The maximum Gasteiger partial charge on any atom is 0.122 e. The van der Waals surface area contributed by atoms with Gasteiger partial charge < -0.3 is 4.79 Å². The first-order valence-corrected chi connectivity index (χ1v) is 8.17. The Morgan fingerprint density at radius 1 is 0.944 bits per heavy atom. The molecule has 104 valence electrons. The summed E-state index contributed by atoms with van der Waals surface area (Å²) in [6, 6.07) is 0. The average molecular weight is 250 g/mol.